The molecular formula is C8H8ClNaO4. The van der Waals surface area contributed by atoms with Crippen molar-refractivity contribution in [2.24, 2.45) is 0 Å². The van der Waals surface area contributed by atoms with Gasteiger partial charge in [0.1, 0.15) is 0 Å². The van der Waals surface area contributed by atoms with Crippen LogP contribution in [0.2, 0.25) is 0 Å². The third-order valence-electron chi connectivity index (χ3n) is 1.39. The van der Waals surface area contributed by atoms with Crippen LogP contribution < -0.4 is 0 Å². The molecule has 0 unspecified atom stereocenters. The van der Waals surface area contributed by atoms with Gasteiger partial charge in [0.25, 0.3) is 0 Å². The van der Waals surface area contributed by atoms with E-state index >= 15 is 0 Å². The van der Waals surface area contributed by atoms with E-state index in [4.69, 9.17) is 10.2 Å². The van der Waals surface area contributed by atoms with Crippen LogP contribution in [0.25, 0.3) is 0 Å². The summed E-state index contributed by atoms with van der Waals surface area (Å²) in [5, 5.41) is 17.1. The van der Waals surface area contributed by atoms with Gasteiger partial charge in [-0.2, -0.15) is 0 Å². The Balaban J connectivity index is 0. The van der Waals surface area contributed by atoms with Crippen molar-refractivity contribution in [1.82, 2.24) is 0 Å². The summed E-state index contributed by atoms with van der Waals surface area (Å²) in [4.78, 5) is 20.9. The second-order valence-electron chi connectivity index (χ2n) is 2.16. The molecule has 0 atom stereocenters. The van der Waals surface area contributed by atoms with Crippen molar-refractivity contribution >= 4 is 53.9 Å². The number of carboxylic acid groups (broad SMARTS) is 2. The molecule has 72 valence electrons. The zero-order valence-corrected chi connectivity index (χ0v) is 7.25. The predicted octanol–water partition coefficient (Wildman–Crippen LogP) is 0.856. The second-order valence-corrected chi connectivity index (χ2v) is 2.16. The molecule has 0 aliphatic rings. The second kappa shape index (κ2) is 6.84. The molecule has 4 nitrogen and oxygen atoms in total. The van der Waals surface area contributed by atoms with Gasteiger partial charge in [-0.05, 0) is 12.1 Å². The molecule has 6 heteroatoms. The summed E-state index contributed by atoms with van der Waals surface area (Å²) in [5.74, 6) is -2.46. The Morgan fingerprint density at radius 1 is 0.929 bits per heavy atom. The molecule has 0 amide bonds. The van der Waals surface area contributed by atoms with Crippen LogP contribution in [0.4, 0.5) is 0 Å². The quantitative estimate of drug-likeness (QED) is 0.734. The van der Waals surface area contributed by atoms with Crippen LogP contribution >= 0.6 is 12.4 Å². The van der Waals surface area contributed by atoms with E-state index in [2.05, 4.69) is 0 Å². The van der Waals surface area contributed by atoms with Crippen LogP contribution in [0, 0.1) is 0 Å². The third kappa shape index (κ3) is 3.67. The Hall–Kier alpha value is -0.550. The van der Waals surface area contributed by atoms with E-state index in [0.717, 1.165) is 0 Å². The molecule has 0 aliphatic carbocycles. The zero-order chi connectivity index (χ0) is 9.14. The molecule has 0 spiro atoms. The number of carbonyl (C=O) groups is 2. The van der Waals surface area contributed by atoms with Crippen LogP contribution in [-0.4, -0.2) is 51.7 Å². The molecule has 2 N–H and O–H groups in total. The van der Waals surface area contributed by atoms with Crippen molar-refractivity contribution < 1.29 is 19.8 Å². The average Bonchev–Trinajstić information content (AvgIpc) is 2.04. The maximum absolute atomic E-state index is 10.5. The van der Waals surface area contributed by atoms with E-state index in [1.54, 1.807) is 0 Å². The van der Waals surface area contributed by atoms with Gasteiger partial charge < -0.3 is 10.2 Å². The monoisotopic (exact) mass is 226 g/mol. The van der Waals surface area contributed by atoms with E-state index in [1.165, 1.54) is 24.3 Å². The molecule has 0 fully saturated rings. The first-order valence-corrected chi connectivity index (χ1v) is 3.18. The van der Waals surface area contributed by atoms with Gasteiger partial charge in [-0.15, -0.1) is 12.4 Å². The summed E-state index contributed by atoms with van der Waals surface area (Å²) in [5.41, 5.74) is -0.380. The first-order valence-electron chi connectivity index (χ1n) is 3.18. The maximum atomic E-state index is 10.5. The van der Waals surface area contributed by atoms with Gasteiger partial charge in [0, 0.05) is 0 Å². The van der Waals surface area contributed by atoms with Crippen molar-refractivity contribution in [2.45, 2.75) is 0 Å². The minimum atomic E-state index is -1.23. The molecule has 0 heterocycles. The van der Waals surface area contributed by atoms with Gasteiger partial charge in [-0.3, -0.25) is 0 Å². The SMILES string of the molecule is Cl.O=C(O)c1ccccc1C(=O)O.[NaH]. The first-order chi connectivity index (χ1) is 5.63. The van der Waals surface area contributed by atoms with Crippen LogP contribution in [0.3, 0.4) is 0 Å². The van der Waals surface area contributed by atoms with E-state index in [1.807, 2.05) is 0 Å². The number of halogens is 1. The first kappa shape index (κ1) is 15.9. The Kier molecular flexibility index (Phi) is 7.77. The number of carboxylic acids is 2. The standard InChI is InChI=1S/C8H6O4.ClH.Na.H/c9-7(10)5-3-1-2-4-6(5)8(11)12;;;/h1-4H,(H,9,10)(H,11,12);1H;;. The van der Waals surface area contributed by atoms with Gasteiger partial charge >= 0.3 is 41.5 Å². The number of benzene rings is 1. The average molecular weight is 227 g/mol. The van der Waals surface area contributed by atoms with Crippen molar-refractivity contribution in [2.75, 3.05) is 0 Å². The molecule has 0 bridgehead atoms. The molecule has 1 aromatic rings. The van der Waals surface area contributed by atoms with E-state index in [0.29, 0.717) is 0 Å². The summed E-state index contributed by atoms with van der Waals surface area (Å²) < 4.78 is 0. The predicted molar refractivity (Wildman–Crippen MR) is 54.8 cm³/mol. The third-order valence-corrected chi connectivity index (χ3v) is 1.39. The Morgan fingerprint density at radius 3 is 1.43 bits per heavy atom. The van der Waals surface area contributed by atoms with E-state index in [9.17, 15) is 9.59 Å². The summed E-state index contributed by atoms with van der Waals surface area (Å²) in [7, 11) is 0. The molecular weight excluding hydrogens is 219 g/mol. The van der Waals surface area contributed by atoms with Gasteiger partial charge in [0.05, 0.1) is 11.1 Å². The van der Waals surface area contributed by atoms with Crippen LogP contribution in [0.5, 0.6) is 0 Å². The van der Waals surface area contributed by atoms with Gasteiger partial charge in [0.15, 0.2) is 0 Å². The fourth-order valence-corrected chi connectivity index (χ4v) is 0.856. The fraction of sp³-hybridized carbons (Fsp3) is 0. The van der Waals surface area contributed by atoms with Crippen molar-refractivity contribution in [3.63, 3.8) is 0 Å². The van der Waals surface area contributed by atoms with Crippen molar-refractivity contribution in [3.8, 4) is 0 Å². The summed E-state index contributed by atoms with van der Waals surface area (Å²) in [6, 6.07) is 5.48. The normalized spacial score (nSPS) is 8.00. The molecule has 0 aliphatic heterocycles. The Labute approximate surface area is 109 Å². The molecule has 14 heavy (non-hydrogen) atoms. The van der Waals surface area contributed by atoms with Gasteiger partial charge in [-0.1, -0.05) is 12.1 Å². The topological polar surface area (TPSA) is 74.6 Å². The summed E-state index contributed by atoms with van der Waals surface area (Å²) >= 11 is 0. The fourth-order valence-electron chi connectivity index (χ4n) is 0.856. The summed E-state index contributed by atoms with van der Waals surface area (Å²) in [6.07, 6.45) is 0. The van der Waals surface area contributed by atoms with Crippen LogP contribution in [0.15, 0.2) is 24.3 Å². The van der Waals surface area contributed by atoms with E-state index < -0.39 is 11.9 Å². The zero-order valence-electron chi connectivity index (χ0n) is 6.43. The number of aromatic carboxylic acids is 2. The van der Waals surface area contributed by atoms with Crippen LogP contribution in [0.1, 0.15) is 20.7 Å². The van der Waals surface area contributed by atoms with E-state index in [-0.39, 0.29) is 53.1 Å². The summed E-state index contributed by atoms with van der Waals surface area (Å²) in [6.45, 7) is 0. The molecule has 0 radical (unpaired) electrons. The van der Waals surface area contributed by atoms with Gasteiger partial charge in [-0.25, -0.2) is 9.59 Å². The molecule has 1 rings (SSSR count). The number of rotatable bonds is 2. The van der Waals surface area contributed by atoms with Crippen LogP contribution in [-0.2, 0) is 0 Å². The Bertz CT molecular complexity index is 307. The Morgan fingerprint density at radius 2 is 1.21 bits per heavy atom. The van der Waals surface area contributed by atoms with Crippen molar-refractivity contribution in [3.05, 3.63) is 35.4 Å². The number of hydrogen-bond acceptors (Lipinski definition) is 2. The molecule has 0 saturated carbocycles. The molecule has 1 aromatic carbocycles. The minimum absolute atomic E-state index is 0. The van der Waals surface area contributed by atoms with Gasteiger partial charge in [0.2, 0.25) is 0 Å². The molecule has 0 aromatic heterocycles. The van der Waals surface area contributed by atoms with Crippen molar-refractivity contribution in [1.29, 1.82) is 0 Å². The molecule has 0 saturated heterocycles. The number of hydrogen-bond donors (Lipinski definition) is 2.